The Balaban J connectivity index is 1.67. The summed E-state index contributed by atoms with van der Waals surface area (Å²) >= 11 is 0. The summed E-state index contributed by atoms with van der Waals surface area (Å²) in [6, 6.07) is 9.06. The minimum absolute atomic E-state index is 0.117. The molecule has 0 unspecified atom stereocenters. The van der Waals surface area contributed by atoms with Gasteiger partial charge >= 0.3 is 5.97 Å². The normalized spacial score (nSPS) is 10.5. The molecule has 3 aromatic rings. The van der Waals surface area contributed by atoms with Gasteiger partial charge in [0.2, 0.25) is 0 Å². The highest BCUT2D eigenvalue weighted by Gasteiger charge is 2.18. The topological polar surface area (TPSA) is 100 Å². The van der Waals surface area contributed by atoms with Crippen molar-refractivity contribution in [3.8, 4) is 5.75 Å². The number of rotatable bonds is 7. The van der Waals surface area contributed by atoms with Crippen LogP contribution in [0.3, 0.4) is 0 Å². The van der Waals surface area contributed by atoms with Gasteiger partial charge in [0.25, 0.3) is 5.91 Å². The summed E-state index contributed by atoms with van der Waals surface area (Å²) in [5.74, 6) is -0.194. The maximum Gasteiger partial charge on any atom is 0.356 e. The molecule has 1 N–H and O–H groups in total. The van der Waals surface area contributed by atoms with E-state index in [2.05, 4.69) is 15.5 Å². The molecule has 0 saturated heterocycles. The van der Waals surface area contributed by atoms with Crippen LogP contribution in [0.2, 0.25) is 0 Å². The summed E-state index contributed by atoms with van der Waals surface area (Å²) in [4.78, 5) is 24.3. The quantitative estimate of drug-likeness (QED) is 0.627. The molecule has 1 aromatic carbocycles. The van der Waals surface area contributed by atoms with Gasteiger partial charge in [-0.15, -0.1) is 0 Å². The number of anilines is 1. The summed E-state index contributed by atoms with van der Waals surface area (Å²) in [5.41, 5.74) is 1.87. The van der Waals surface area contributed by atoms with Crippen LogP contribution in [0, 0.1) is 0 Å². The molecule has 1 amide bonds. The number of aryl methyl sites for hydroxylation is 1. The Kier molecular flexibility index (Phi) is 5.73. The van der Waals surface area contributed by atoms with Crippen LogP contribution in [0.5, 0.6) is 5.75 Å². The van der Waals surface area contributed by atoms with Crippen LogP contribution in [0.1, 0.15) is 33.5 Å². The van der Waals surface area contributed by atoms with Gasteiger partial charge in [-0.3, -0.25) is 14.2 Å². The Morgan fingerprint density at radius 3 is 2.82 bits per heavy atom. The Morgan fingerprint density at radius 1 is 1.25 bits per heavy atom. The molecule has 0 aliphatic heterocycles. The second-order valence-electron chi connectivity index (χ2n) is 5.99. The highest BCUT2D eigenvalue weighted by atomic mass is 16.5. The van der Waals surface area contributed by atoms with Crippen molar-refractivity contribution in [3.05, 3.63) is 59.7 Å². The third kappa shape index (κ3) is 4.37. The first kappa shape index (κ1) is 19.2. The summed E-state index contributed by atoms with van der Waals surface area (Å²) in [6.45, 7) is 2.49. The van der Waals surface area contributed by atoms with E-state index in [0.717, 1.165) is 11.3 Å². The molecule has 0 atom stereocenters. The third-order valence-electron chi connectivity index (χ3n) is 3.97. The number of carbonyl (C=O) groups excluding carboxylic acids is 2. The number of nitrogens with zero attached hydrogens (tertiary/aromatic N) is 4. The number of benzene rings is 1. The fraction of sp³-hybridized carbons (Fsp3) is 0.263. The summed E-state index contributed by atoms with van der Waals surface area (Å²) in [5, 5.41) is 11.0. The molecule has 3 rings (SSSR count). The van der Waals surface area contributed by atoms with Crippen molar-refractivity contribution in [1.82, 2.24) is 19.6 Å². The number of carbonyl (C=O) groups is 2. The van der Waals surface area contributed by atoms with Gasteiger partial charge in [-0.25, -0.2) is 4.79 Å². The largest absolute Gasteiger partial charge is 0.497 e. The van der Waals surface area contributed by atoms with Gasteiger partial charge in [0.1, 0.15) is 11.4 Å². The monoisotopic (exact) mass is 383 g/mol. The minimum Gasteiger partial charge on any atom is -0.497 e. The Hall–Kier alpha value is -3.62. The number of hydrogen-bond acceptors (Lipinski definition) is 6. The third-order valence-corrected chi connectivity index (χ3v) is 3.97. The van der Waals surface area contributed by atoms with E-state index in [9.17, 15) is 9.59 Å². The van der Waals surface area contributed by atoms with Gasteiger partial charge in [0.15, 0.2) is 5.69 Å². The van der Waals surface area contributed by atoms with Crippen molar-refractivity contribution in [3.63, 3.8) is 0 Å². The van der Waals surface area contributed by atoms with Gasteiger partial charge in [-0.05, 0) is 24.6 Å². The molecule has 0 aliphatic carbocycles. The predicted octanol–water partition coefficient (Wildman–Crippen LogP) is 2.10. The van der Waals surface area contributed by atoms with E-state index >= 15 is 0 Å². The van der Waals surface area contributed by atoms with Gasteiger partial charge < -0.3 is 14.8 Å². The highest BCUT2D eigenvalue weighted by molar-refractivity contribution is 6.04. The second kappa shape index (κ2) is 8.38. The second-order valence-corrected chi connectivity index (χ2v) is 5.99. The number of nitrogens with one attached hydrogen (secondary N) is 1. The fourth-order valence-corrected chi connectivity index (χ4v) is 2.64. The lowest BCUT2D eigenvalue weighted by atomic mass is 10.2. The molecule has 2 heterocycles. The lowest BCUT2D eigenvalue weighted by molar-refractivity contribution is 0.0513. The SMILES string of the molecule is CCOC(=O)c1cc(C(=O)Nc2cnn(Cc3cccc(OC)c3)c2)nn1C. The number of esters is 1. The number of amides is 1. The first-order valence-corrected chi connectivity index (χ1v) is 8.68. The molecule has 9 nitrogen and oxygen atoms in total. The first-order valence-electron chi connectivity index (χ1n) is 8.68. The van der Waals surface area contributed by atoms with Gasteiger partial charge in [-0.2, -0.15) is 10.2 Å². The van der Waals surface area contributed by atoms with Crippen molar-refractivity contribution >= 4 is 17.6 Å². The van der Waals surface area contributed by atoms with Crippen LogP contribution in [-0.4, -0.2) is 45.2 Å². The molecule has 0 saturated carbocycles. The molecule has 0 aliphatic rings. The molecule has 28 heavy (non-hydrogen) atoms. The smallest absolute Gasteiger partial charge is 0.356 e. The van der Waals surface area contributed by atoms with E-state index < -0.39 is 11.9 Å². The zero-order valence-electron chi connectivity index (χ0n) is 15.9. The molecule has 2 aromatic heterocycles. The van der Waals surface area contributed by atoms with Crippen LogP contribution in [0.4, 0.5) is 5.69 Å². The maximum atomic E-state index is 12.4. The Labute approximate surface area is 161 Å². The Bertz CT molecular complexity index is 992. The van der Waals surface area contributed by atoms with E-state index in [4.69, 9.17) is 9.47 Å². The van der Waals surface area contributed by atoms with Crippen molar-refractivity contribution in [2.45, 2.75) is 13.5 Å². The summed E-state index contributed by atoms with van der Waals surface area (Å²) in [7, 11) is 3.20. The van der Waals surface area contributed by atoms with Crippen molar-refractivity contribution in [1.29, 1.82) is 0 Å². The van der Waals surface area contributed by atoms with Crippen molar-refractivity contribution in [2.24, 2.45) is 7.05 Å². The number of aromatic nitrogens is 4. The van der Waals surface area contributed by atoms with Gasteiger partial charge in [0, 0.05) is 19.3 Å². The number of ether oxygens (including phenoxy) is 2. The summed E-state index contributed by atoms with van der Waals surface area (Å²) < 4.78 is 13.2. The molecule has 146 valence electrons. The van der Waals surface area contributed by atoms with E-state index in [1.807, 2.05) is 24.3 Å². The summed E-state index contributed by atoms with van der Waals surface area (Å²) in [6.07, 6.45) is 3.26. The molecule has 0 radical (unpaired) electrons. The number of methoxy groups -OCH3 is 1. The zero-order chi connectivity index (χ0) is 20.1. The molecule has 0 bridgehead atoms. The average Bonchev–Trinajstić information content (AvgIpc) is 3.28. The van der Waals surface area contributed by atoms with Gasteiger partial charge in [0.05, 0.1) is 32.1 Å². The van der Waals surface area contributed by atoms with E-state index in [0.29, 0.717) is 12.2 Å². The highest BCUT2D eigenvalue weighted by Crippen LogP contribution is 2.15. The lowest BCUT2D eigenvalue weighted by Gasteiger charge is -2.04. The van der Waals surface area contributed by atoms with Gasteiger partial charge in [-0.1, -0.05) is 12.1 Å². The average molecular weight is 383 g/mol. The Morgan fingerprint density at radius 2 is 2.07 bits per heavy atom. The van der Waals surface area contributed by atoms with E-state index in [1.54, 1.807) is 38.2 Å². The lowest BCUT2D eigenvalue weighted by Crippen LogP contribution is -2.12. The standard InChI is InChI=1S/C19H21N5O4/c1-4-28-19(26)17-9-16(22-23(17)2)18(25)21-14-10-20-24(12-14)11-13-6-5-7-15(8-13)27-3/h5-10,12H,4,11H2,1-3H3,(H,21,25). The molecule has 0 spiro atoms. The minimum atomic E-state index is -0.525. The van der Waals surface area contributed by atoms with Crippen LogP contribution >= 0.6 is 0 Å². The van der Waals surface area contributed by atoms with Crippen LogP contribution in [0.15, 0.2) is 42.7 Å². The molecule has 9 heteroatoms. The maximum absolute atomic E-state index is 12.4. The molecular weight excluding hydrogens is 362 g/mol. The number of hydrogen-bond donors (Lipinski definition) is 1. The van der Waals surface area contributed by atoms with Crippen LogP contribution < -0.4 is 10.1 Å². The van der Waals surface area contributed by atoms with E-state index in [1.165, 1.54) is 10.7 Å². The fourth-order valence-electron chi connectivity index (χ4n) is 2.64. The molecular formula is C19H21N5O4. The van der Waals surface area contributed by atoms with E-state index in [-0.39, 0.29) is 18.0 Å². The van der Waals surface area contributed by atoms with Crippen molar-refractivity contribution in [2.75, 3.05) is 19.0 Å². The zero-order valence-corrected chi connectivity index (χ0v) is 15.9. The first-order chi connectivity index (χ1) is 13.5. The van der Waals surface area contributed by atoms with Crippen molar-refractivity contribution < 1.29 is 19.1 Å². The van der Waals surface area contributed by atoms with Crippen LogP contribution in [0.25, 0.3) is 0 Å². The predicted molar refractivity (Wildman–Crippen MR) is 101 cm³/mol. The van der Waals surface area contributed by atoms with Crippen LogP contribution in [-0.2, 0) is 18.3 Å². The molecule has 0 fully saturated rings.